The maximum absolute atomic E-state index is 12.2. The van der Waals surface area contributed by atoms with Crippen LogP contribution in [0, 0.1) is 0 Å². The number of urea groups is 1. The molecule has 2 amide bonds. The minimum absolute atomic E-state index is 0.0633. The molecule has 0 unspecified atom stereocenters. The highest BCUT2D eigenvalue weighted by atomic mass is 16.4. The molecule has 7 nitrogen and oxygen atoms in total. The maximum Gasteiger partial charge on any atom is 0.317 e. The van der Waals surface area contributed by atoms with Crippen molar-refractivity contribution >= 4 is 12.0 Å². The molecule has 2 fully saturated rings. The van der Waals surface area contributed by atoms with E-state index in [0.29, 0.717) is 13.1 Å². The van der Waals surface area contributed by atoms with Gasteiger partial charge in [-0.1, -0.05) is 31.2 Å². The predicted molar refractivity (Wildman–Crippen MR) is 108 cm³/mol. The van der Waals surface area contributed by atoms with Crippen LogP contribution in [0.4, 0.5) is 4.79 Å². The molecule has 28 heavy (non-hydrogen) atoms. The lowest BCUT2D eigenvalue weighted by Crippen LogP contribution is -2.56. The van der Waals surface area contributed by atoms with Gasteiger partial charge >= 0.3 is 12.0 Å². The summed E-state index contributed by atoms with van der Waals surface area (Å²) in [7, 11) is 0. The van der Waals surface area contributed by atoms with Crippen LogP contribution in [0.1, 0.15) is 43.7 Å². The summed E-state index contributed by atoms with van der Waals surface area (Å²) < 4.78 is 0. The Morgan fingerprint density at radius 1 is 1.21 bits per heavy atom. The van der Waals surface area contributed by atoms with Gasteiger partial charge in [0.2, 0.25) is 0 Å². The molecule has 0 aromatic heterocycles. The highest BCUT2D eigenvalue weighted by Crippen LogP contribution is 2.25. The summed E-state index contributed by atoms with van der Waals surface area (Å²) in [5, 5.41) is 14.9. The molecule has 3 rings (SSSR count). The molecule has 0 spiro atoms. The lowest BCUT2D eigenvalue weighted by molar-refractivity contribution is -0.139. The van der Waals surface area contributed by atoms with Gasteiger partial charge in [0.05, 0.1) is 6.54 Å². The molecule has 0 bridgehead atoms. The number of amides is 2. The van der Waals surface area contributed by atoms with E-state index in [1.807, 2.05) is 17.9 Å². The van der Waals surface area contributed by atoms with Gasteiger partial charge < -0.3 is 15.7 Å². The first-order chi connectivity index (χ1) is 13.5. The van der Waals surface area contributed by atoms with Crippen molar-refractivity contribution < 1.29 is 14.7 Å². The molecule has 1 aliphatic heterocycles. The standard InChI is InChI=1S/C21H32N4O3/c1-2-25(15-20(26)27)19-11-18(12-19)23-21(28)22-13-16-6-5-7-17(10-16)14-24-8-3-4-9-24/h5-7,10,18-19H,2-4,8-9,11-15H2,1H3,(H,26,27)(H2,22,23,28). The van der Waals surface area contributed by atoms with E-state index >= 15 is 0 Å². The molecular formula is C21H32N4O3. The van der Waals surface area contributed by atoms with Crippen molar-refractivity contribution in [3.8, 4) is 0 Å². The third kappa shape index (κ3) is 5.94. The van der Waals surface area contributed by atoms with Crippen molar-refractivity contribution in [1.82, 2.24) is 20.4 Å². The van der Waals surface area contributed by atoms with Crippen LogP contribution >= 0.6 is 0 Å². The third-order valence-corrected chi connectivity index (χ3v) is 5.76. The quantitative estimate of drug-likeness (QED) is 0.603. The largest absolute Gasteiger partial charge is 0.480 e. The lowest BCUT2D eigenvalue weighted by atomic mass is 9.85. The molecule has 2 aliphatic rings. The molecule has 1 saturated heterocycles. The number of aliphatic carboxylic acids is 1. The van der Waals surface area contributed by atoms with Gasteiger partial charge in [0, 0.05) is 25.2 Å². The molecule has 154 valence electrons. The van der Waals surface area contributed by atoms with Crippen molar-refractivity contribution in [2.75, 3.05) is 26.2 Å². The summed E-state index contributed by atoms with van der Waals surface area (Å²) in [4.78, 5) is 27.5. The minimum atomic E-state index is -0.803. The van der Waals surface area contributed by atoms with Crippen LogP contribution in [-0.4, -0.2) is 65.2 Å². The summed E-state index contributed by atoms with van der Waals surface area (Å²) in [5.74, 6) is -0.803. The summed E-state index contributed by atoms with van der Waals surface area (Å²) in [6.45, 7) is 6.58. The van der Waals surface area contributed by atoms with Gasteiger partial charge in [-0.3, -0.25) is 14.6 Å². The number of carbonyl (C=O) groups excluding carboxylic acids is 1. The summed E-state index contributed by atoms with van der Waals surface area (Å²) in [5.41, 5.74) is 2.40. The number of carboxylic acids is 1. The number of rotatable bonds is 9. The van der Waals surface area contributed by atoms with Crippen molar-refractivity contribution in [1.29, 1.82) is 0 Å². The number of nitrogens with zero attached hydrogens (tertiary/aromatic N) is 2. The topological polar surface area (TPSA) is 84.9 Å². The lowest BCUT2D eigenvalue weighted by Gasteiger charge is -2.42. The second-order valence-electron chi connectivity index (χ2n) is 7.91. The van der Waals surface area contributed by atoms with Gasteiger partial charge in [0.1, 0.15) is 0 Å². The first-order valence-corrected chi connectivity index (χ1v) is 10.3. The van der Waals surface area contributed by atoms with Crippen LogP contribution in [0.5, 0.6) is 0 Å². The zero-order chi connectivity index (χ0) is 19.9. The summed E-state index contributed by atoms with van der Waals surface area (Å²) in [6.07, 6.45) is 4.19. The van der Waals surface area contributed by atoms with Gasteiger partial charge in [-0.05, 0) is 56.4 Å². The Bertz CT molecular complexity index is 669. The Balaban J connectivity index is 1.37. The Hall–Kier alpha value is -2.12. The van der Waals surface area contributed by atoms with Gasteiger partial charge in [0.25, 0.3) is 0 Å². The SMILES string of the molecule is CCN(CC(=O)O)C1CC(NC(=O)NCc2cccc(CN3CCCC3)c2)C1. The average Bonchev–Trinajstić information content (AvgIpc) is 3.14. The molecule has 1 aromatic rings. The van der Waals surface area contributed by atoms with E-state index in [2.05, 4.69) is 33.7 Å². The molecule has 1 aromatic carbocycles. The fraction of sp³-hybridized carbons (Fsp3) is 0.619. The first kappa shape index (κ1) is 20.6. The van der Waals surface area contributed by atoms with E-state index in [1.165, 1.54) is 31.5 Å². The normalized spacial score (nSPS) is 22.1. The summed E-state index contributed by atoms with van der Waals surface area (Å²) in [6, 6.07) is 8.62. The molecule has 0 radical (unpaired) electrons. The van der Waals surface area contributed by atoms with Crippen molar-refractivity contribution in [3.05, 3.63) is 35.4 Å². The van der Waals surface area contributed by atoms with Crippen LogP contribution in [0.15, 0.2) is 24.3 Å². The number of likely N-dealkylation sites (tertiary alicyclic amines) is 1. The van der Waals surface area contributed by atoms with Gasteiger partial charge in [-0.2, -0.15) is 0 Å². The Morgan fingerprint density at radius 2 is 1.93 bits per heavy atom. The zero-order valence-electron chi connectivity index (χ0n) is 16.7. The molecule has 3 N–H and O–H groups in total. The van der Waals surface area contributed by atoms with Crippen LogP contribution in [0.25, 0.3) is 0 Å². The Kier molecular flexibility index (Phi) is 7.28. The number of hydrogen-bond acceptors (Lipinski definition) is 4. The number of hydrogen-bond donors (Lipinski definition) is 3. The highest BCUT2D eigenvalue weighted by Gasteiger charge is 2.34. The van der Waals surface area contributed by atoms with Crippen LogP contribution in [-0.2, 0) is 17.9 Å². The van der Waals surface area contributed by atoms with Gasteiger partial charge in [0.15, 0.2) is 0 Å². The second kappa shape index (κ2) is 9.89. The number of carbonyl (C=O) groups is 2. The summed E-state index contributed by atoms with van der Waals surface area (Å²) >= 11 is 0. The molecule has 1 aliphatic carbocycles. The first-order valence-electron chi connectivity index (χ1n) is 10.3. The van der Waals surface area contributed by atoms with E-state index < -0.39 is 5.97 Å². The van der Waals surface area contributed by atoms with Crippen LogP contribution in [0.2, 0.25) is 0 Å². The van der Waals surface area contributed by atoms with Crippen molar-refractivity contribution in [2.45, 2.75) is 57.8 Å². The zero-order valence-corrected chi connectivity index (χ0v) is 16.7. The Morgan fingerprint density at radius 3 is 2.61 bits per heavy atom. The number of likely N-dealkylation sites (N-methyl/N-ethyl adjacent to an activating group) is 1. The number of benzene rings is 1. The van der Waals surface area contributed by atoms with Crippen molar-refractivity contribution in [3.63, 3.8) is 0 Å². The highest BCUT2D eigenvalue weighted by molar-refractivity contribution is 5.74. The van der Waals surface area contributed by atoms with E-state index in [4.69, 9.17) is 5.11 Å². The maximum atomic E-state index is 12.2. The average molecular weight is 389 g/mol. The van der Waals surface area contributed by atoms with E-state index in [1.54, 1.807) is 0 Å². The van der Waals surface area contributed by atoms with Crippen LogP contribution < -0.4 is 10.6 Å². The monoisotopic (exact) mass is 388 g/mol. The fourth-order valence-corrected chi connectivity index (χ4v) is 4.13. The van der Waals surface area contributed by atoms with Crippen molar-refractivity contribution in [2.24, 2.45) is 0 Å². The van der Waals surface area contributed by atoms with E-state index in [0.717, 1.165) is 24.9 Å². The van der Waals surface area contributed by atoms with Crippen LogP contribution in [0.3, 0.4) is 0 Å². The molecule has 1 saturated carbocycles. The smallest absolute Gasteiger partial charge is 0.317 e. The van der Waals surface area contributed by atoms with Gasteiger partial charge in [-0.25, -0.2) is 4.79 Å². The Labute approximate surface area is 167 Å². The molecule has 1 heterocycles. The molecular weight excluding hydrogens is 356 g/mol. The third-order valence-electron chi connectivity index (χ3n) is 5.76. The molecule has 0 atom stereocenters. The van der Waals surface area contributed by atoms with E-state index in [-0.39, 0.29) is 24.7 Å². The minimum Gasteiger partial charge on any atom is -0.480 e. The molecule has 7 heteroatoms. The number of nitrogens with one attached hydrogen (secondary N) is 2. The van der Waals surface area contributed by atoms with Gasteiger partial charge in [-0.15, -0.1) is 0 Å². The second-order valence-corrected chi connectivity index (χ2v) is 7.91. The predicted octanol–water partition coefficient (Wildman–Crippen LogP) is 2.02. The fourth-order valence-electron chi connectivity index (χ4n) is 4.13. The van der Waals surface area contributed by atoms with E-state index in [9.17, 15) is 9.59 Å². The number of carboxylic acid groups (broad SMARTS) is 1.